The third-order valence-electron chi connectivity index (χ3n) is 3.90. The van der Waals surface area contributed by atoms with E-state index in [0.29, 0.717) is 0 Å². The molecule has 0 radical (unpaired) electrons. The molecule has 0 aliphatic heterocycles. The van der Waals surface area contributed by atoms with E-state index < -0.39 is 0 Å². The number of aliphatic imine (C=N–C) groups is 1. The Kier molecular flexibility index (Phi) is 6.72. The summed E-state index contributed by atoms with van der Waals surface area (Å²) in [6, 6.07) is 4.01. The highest BCUT2D eigenvalue weighted by Crippen LogP contribution is 2.29. The number of guanidine groups is 1. The van der Waals surface area contributed by atoms with Crippen molar-refractivity contribution in [2.75, 3.05) is 20.2 Å². The van der Waals surface area contributed by atoms with Crippen molar-refractivity contribution in [1.82, 2.24) is 15.6 Å². The molecule has 2 aliphatic rings. The molecule has 0 saturated heterocycles. The lowest BCUT2D eigenvalue weighted by Crippen LogP contribution is -2.37. The average Bonchev–Trinajstić information content (AvgIpc) is 3.39. The zero-order chi connectivity index (χ0) is 14.5. The zero-order valence-corrected chi connectivity index (χ0v) is 15.4. The van der Waals surface area contributed by atoms with Crippen molar-refractivity contribution < 1.29 is 4.74 Å². The number of halogens is 1. The van der Waals surface area contributed by atoms with E-state index in [1.54, 1.807) is 13.2 Å². The van der Waals surface area contributed by atoms with Gasteiger partial charge in [0.1, 0.15) is 0 Å². The van der Waals surface area contributed by atoms with E-state index in [9.17, 15) is 0 Å². The second kappa shape index (κ2) is 8.55. The van der Waals surface area contributed by atoms with Gasteiger partial charge in [0.25, 0.3) is 0 Å². The Bertz CT molecular complexity index is 501. The Labute approximate surface area is 149 Å². The number of pyridine rings is 1. The lowest BCUT2D eigenvalue weighted by molar-refractivity contribution is 0.288. The molecule has 1 aromatic heterocycles. The maximum absolute atomic E-state index is 5.71. The molecule has 0 unspecified atom stereocenters. The quantitative estimate of drug-likeness (QED) is 0.408. The molecule has 0 spiro atoms. The molecule has 1 aromatic rings. The standard InChI is InChI=1S/C16H24N4O.HI/c1-17-16(19-9-12-2-3-12)20-10-14-6-7-18-15(8-14)21-11-13-4-5-13;/h6-8,12-13H,2-5,9-11H2,1H3,(H2,17,19,20);1H. The first-order valence-electron chi connectivity index (χ1n) is 7.85. The normalized spacial score (nSPS) is 17.6. The first-order valence-corrected chi connectivity index (χ1v) is 7.85. The van der Waals surface area contributed by atoms with Crippen LogP contribution in [0.1, 0.15) is 31.2 Å². The number of nitrogens with one attached hydrogen (secondary N) is 2. The van der Waals surface area contributed by atoms with E-state index in [1.165, 1.54) is 25.7 Å². The number of rotatable bonds is 7. The summed E-state index contributed by atoms with van der Waals surface area (Å²) in [5.41, 5.74) is 1.16. The molecule has 0 bridgehead atoms. The van der Waals surface area contributed by atoms with Crippen molar-refractivity contribution in [3.05, 3.63) is 23.9 Å². The van der Waals surface area contributed by atoms with Gasteiger partial charge in [-0.25, -0.2) is 4.98 Å². The number of aromatic nitrogens is 1. The minimum absolute atomic E-state index is 0. The average molecular weight is 416 g/mol. The monoisotopic (exact) mass is 416 g/mol. The van der Waals surface area contributed by atoms with E-state index in [1.807, 2.05) is 12.1 Å². The van der Waals surface area contributed by atoms with Crippen LogP contribution in [0.5, 0.6) is 5.88 Å². The summed E-state index contributed by atoms with van der Waals surface area (Å²) in [5, 5.41) is 6.69. The van der Waals surface area contributed by atoms with Gasteiger partial charge >= 0.3 is 0 Å². The van der Waals surface area contributed by atoms with Crippen molar-refractivity contribution in [2.24, 2.45) is 16.8 Å². The van der Waals surface area contributed by atoms with Crippen LogP contribution in [0.2, 0.25) is 0 Å². The molecule has 22 heavy (non-hydrogen) atoms. The fourth-order valence-electron chi connectivity index (χ4n) is 2.10. The smallest absolute Gasteiger partial charge is 0.213 e. The highest BCUT2D eigenvalue weighted by Gasteiger charge is 2.22. The van der Waals surface area contributed by atoms with E-state index in [0.717, 1.165) is 48.9 Å². The van der Waals surface area contributed by atoms with Gasteiger partial charge in [0.2, 0.25) is 5.88 Å². The highest BCUT2D eigenvalue weighted by atomic mass is 127. The summed E-state index contributed by atoms with van der Waals surface area (Å²) in [6.07, 6.45) is 7.08. The molecule has 0 amide bonds. The van der Waals surface area contributed by atoms with Crippen LogP contribution in [0, 0.1) is 11.8 Å². The molecule has 3 rings (SSSR count). The van der Waals surface area contributed by atoms with E-state index >= 15 is 0 Å². The molecular weight excluding hydrogens is 391 g/mol. The summed E-state index contributed by atoms with van der Waals surface area (Å²) in [6.45, 7) is 2.55. The maximum atomic E-state index is 5.71. The van der Waals surface area contributed by atoms with Gasteiger partial charge in [0.05, 0.1) is 6.61 Å². The van der Waals surface area contributed by atoms with E-state index in [2.05, 4.69) is 20.6 Å². The fraction of sp³-hybridized carbons (Fsp3) is 0.625. The van der Waals surface area contributed by atoms with Gasteiger partial charge in [-0.3, -0.25) is 4.99 Å². The molecule has 2 saturated carbocycles. The second-order valence-corrected chi connectivity index (χ2v) is 6.01. The number of hydrogen-bond acceptors (Lipinski definition) is 3. The predicted molar refractivity (Wildman–Crippen MR) is 98.8 cm³/mol. The Morgan fingerprint density at radius 3 is 2.73 bits per heavy atom. The van der Waals surface area contributed by atoms with Crippen LogP contribution in [0.3, 0.4) is 0 Å². The van der Waals surface area contributed by atoms with Crippen LogP contribution < -0.4 is 15.4 Å². The van der Waals surface area contributed by atoms with Gasteiger partial charge in [-0.05, 0) is 49.1 Å². The molecule has 0 atom stereocenters. The van der Waals surface area contributed by atoms with E-state index in [-0.39, 0.29) is 24.0 Å². The van der Waals surface area contributed by atoms with Crippen LogP contribution in [-0.2, 0) is 6.54 Å². The Morgan fingerprint density at radius 1 is 1.27 bits per heavy atom. The summed E-state index contributed by atoms with van der Waals surface area (Å²) < 4.78 is 5.71. The summed E-state index contributed by atoms with van der Waals surface area (Å²) in [5.74, 6) is 3.17. The maximum Gasteiger partial charge on any atom is 0.213 e. The van der Waals surface area contributed by atoms with Gasteiger partial charge in [0.15, 0.2) is 5.96 Å². The Hall–Kier alpha value is -1.05. The van der Waals surface area contributed by atoms with Crippen molar-refractivity contribution in [2.45, 2.75) is 32.2 Å². The number of ether oxygens (including phenoxy) is 1. The molecule has 6 heteroatoms. The van der Waals surface area contributed by atoms with Crippen LogP contribution >= 0.6 is 24.0 Å². The minimum atomic E-state index is 0. The number of nitrogens with zero attached hydrogens (tertiary/aromatic N) is 2. The second-order valence-electron chi connectivity index (χ2n) is 6.01. The molecule has 2 N–H and O–H groups in total. The van der Waals surface area contributed by atoms with Crippen LogP contribution in [0.15, 0.2) is 23.3 Å². The summed E-state index contributed by atoms with van der Waals surface area (Å²) >= 11 is 0. The lowest BCUT2D eigenvalue weighted by atomic mass is 10.2. The third-order valence-corrected chi connectivity index (χ3v) is 3.90. The largest absolute Gasteiger partial charge is 0.477 e. The van der Waals surface area contributed by atoms with Crippen LogP contribution in [-0.4, -0.2) is 31.1 Å². The van der Waals surface area contributed by atoms with Crippen LogP contribution in [0.25, 0.3) is 0 Å². The minimum Gasteiger partial charge on any atom is -0.477 e. The first kappa shape index (κ1) is 17.3. The molecule has 5 nitrogen and oxygen atoms in total. The van der Waals surface area contributed by atoms with Crippen molar-refractivity contribution >= 4 is 29.9 Å². The lowest BCUT2D eigenvalue weighted by Gasteiger charge is -2.12. The Morgan fingerprint density at radius 2 is 2.05 bits per heavy atom. The number of hydrogen-bond donors (Lipinski definition) is 2. The van der Waals surface area contributed by atoms with Gasteiger partial charge in [0, 0.05) is 32.4 Å². The van der Waals surface area contributed by atoms with Crippen molar-refractivity contribution in [1.29, 1.82) is 0 Å². The summed E-state index contributed by atoms with van der Waals surface area (Å²) in [4.78, 5) is 8.50. The van der Waals surface area contributed by atoms with Gasteiger partial charge in [-0.1, -0.05) is 0 Å². The molecule has 2 fully saturated rings. The fourth-order valence-corrected chi connectivity index (χ4v) is 2.10. The third kappa shape index (κ3) is 5.98. The summed E-state index contributed by atoms with van der Waals surface area (Å²) in [7, 11) is 1.80. The van der Waals surface area contributed by atoms with Crippen molar-refractivity contribution in [3.8, 4) is 5.88 Å². The van der Waals surface area contributed by atoms with Crippen LogP contribution in [0.4, 0.5) is 0 Å². The van der Waals surface area contributed by atoms with Crippen molar-refractivity contribution in [3.63, 3.8) is 0 Å². The molecule has 2 aliphatic carbocycles. The molecule has 122 valence electrons. The first-order chi connectivity index (χ1) is 10.3. The topological polar surface area (TPSA) is 58.5 Å². The van der Waals surface area contributed by atoms with E-state index in [4.69, 9.17) is 4.74 Å². The Balaban J connectivity index is 0.00000176. The van der Waals surface area contributed by atoms with Gasteiger partial charge in [-0.15, -0.1) is 24.0 Å². The molecular formula is C16H25IN4O. The zero-order valence-electron chi connectivity index (χ0n) is 13.0. The predicted octanol–water partition coefficient (Wildman–Crippen LogP) is 2.56. The SMILES string of the molecule is CN=C(NCc1ccnc(OCC2CC2)c1)NCC1CC1.I. The highest BCUT2D eigenvalue weighted by molar-refractivity contribution is 14.0. The van der Waals surface area contributed by atoms with Gasteiger partial charge < -0.3 is 15.4 Å². The van der Waals surface area contributed by atoms with Gasteiger partial charge in [-0.2, -0.15) is 0 Å². The molecule has 1 heterocycles. The molecule has 0 aromatic carbocycles.